The molecule has 1 unspecified atom stereocenters. The second-order valence-electron chi connectivity index (χ2n) is 6.60. The van der Waals surface area contributed by atoms with Crippen LogP contribution in [0, 0.1) is 6.92 Å². The molecule has 7 nitrogen and oxygen atoms in total. The third kappa shape index (κ3) is 4.75. The number of methoxy groups -OCH3 is 1. The molecule has 3 rings (SSSR count). The third-order valence-corrected chi connectivity index (χ3v) is 4.49. The van der Waals surface area contributed by atoms with E-state index in [0.717, 1.165) is 5.56 Å². The molecule has 0 fully saturated rings. The molecule has 0 aliphatic carbocycles. The van der Waals surface area contributed by atoms with Crippen LogP contribution < -0.4 is 10.1 Å². The lowest BCUT2D eigenvalue weighted by Crippen LogP contribution is -2.24. The molecule has 0 spiro atoms. The van der Waals surface area contributed by atoms with Crippen LogP contribution in [0.15, 0.2) is 65.3 Å². The summed E-state index contributed by atoms with van der Waals surface area (Å²) in [4.78, 5) is 37.3. The van der Waals surface area contributed by atoms with E-state index in [-0.39, 0.29) is 17.1 Å². The second kappa shape index (κ2) is 9.09. The first-order valence-corrected chi connectivity index (χ1v) is 9.24. The average Bonchev–Trinajstić information content (AvgIpc) is 3.29. The summed E-state index contributed by atoms with van der Waals surface area (Å²) >= 11 is 0. The van der Waals surface area contributed by atoms with Gasteiger partial charge in [-0.1, -0.05) is 6.07 Å². The van der Waals surface area contributed by atoms with Gasteiger partial charge in [0, 0.05) is 11.3 Å². The van der Waals surface area contributed by atoms with Crippen molar-refractivity contribution in [2.45, 2.75) is 20.0 Å². The Morgan fingerprint density at radius 2 is 1.70 bits per heavy atom. The molecule has 1 amide bonds. The molecule has 0 saturated heterocycles. The van der Waals surface area contributed by atoms with Gasteiger partial charge in [0.25, 0.3) is 5.91 Å². The molecule has 1 N–H and O–H groups in total. The van der Waals surface area contributed by atoms with Gasteiger partial charge in [-0.25, -0.2) is 4.79 Å². The first-order valence-electron chi connectivity index (χ1n) is 9.24. The zero-order valence-corrected chi connectivity index (χ0v) is 16.8. The third-order valence-electron chi connectivity index (χ3n) is 4.49. The number of amides is 1. The van der Waals surface area contributed by atoms with Crippen LogP contribution in [0.1, 0.15) is 43.8 Å². The van der Waals surface area contributed by atoms with Crippen molar-refractivity contribution in [3.8, 4) is 5.75 Å². The van der Waals surface area contributed by atoms with E-state index in [0.29, 0.717) is 17.0 Å². The minimum absolute atomic E-state index is 0.154. The fourth-order valence-electron chi connectivity index (χ4n) is 2.75. The van der Waals surface area contributed by atoms with Gasteiger partial charge in [0.2, 0.25) is 5.78 Å². The standard InChI is InChI=1S/C23H21NO6/c1-14-6-7-17(13-19(14)24-22(26)20-5-4-12-29-20)23(27)30-15(2)21(25)16-8-10-18(28-3)11-9-16/h4-13,15H,1-3H3,(H,24,26). The van der Waals surface area contributed by atoms with Gasteiger partial charge in [-0.3, -0.25) is 9.59 Å². The number of hydrogen-bond acceptors (Lipinski definition) is 6. The summed E-state index contributed by atoms with van der Waals surface area (Å²) in [6.45, 7) is 3.31. The zero-order valence-electron chi connectivity index (χ0n) is 16.8. The van der Waals surface area contributed by atoms with Gasteiger partial charge in [-0.05, 0) is 67.9 Å². The maximum Gasteiger partial charge on any atom is 0.338 e. The van der Waals surface area contributed by atoms with Crippen molar-refractivity contribution in [3.63, 3.8) is 0 Å². The molecular weight excluding hydrogens is 386 g/mol. The summed E-state index contributed by atoms with van der Waals surface area (Å²) in [7, 11) is 1.54. The highest BCUT2D eigenvalue weighted by atomic mass is 16.5. The van der Waals surface area contributed by atoms with Crippen LogP contribution in [-0.4, -0.2) is 30.9 Å². The SMILES string of the molecule is COc1ccc(C(=O)C(C)OC(=O)c2ccc(C)c(NC(=O)c3ccco3)c2)cc1. The average molecular weight is 407 g/mol. The van der Waals surface area contributed by atoms with Crippen LogP contribution in [0.3, 0.4) is 0 Å². The molecule has 3 aromatic rings. The van der Waals surface area contributed by atoms with Crippen molar-refractivity contribution in [3.05, 3.63) is 83.3 Å². The summed E-state index contributed by atoms with van der Waals surface area (Å²) in [5.74, 6) is -0.653. The molecule has 154 valence electrons. The number of furan rings is 1. The van der Waals surface area contributed by atoms with Gasteiger partial charge in [-0.2, -0.15) is 0 Å². The maximum atomic E-state index is 12.5. The fraction of sp³-hybridized carbons (Fsp3) is 0.174. The van der Waals surface area contributed by atoms with Crippen LogP contribution in [0.2, 0.25) is 0 Å². The molecule has 1 atom stereocenters. The van der Waals surface area contributed by atoms with E-state index in [4.69, 9.17) is 13.9 Å². The zero-order chi connectivity index (χ0) is 21.7. The number of aryl methyl sites for hydroxylation is 1. The predicted octanol–water partition coefficient (Wildman–Crippen LogP) is 4.28. The van der Waals surface area contributed by atoms with Crippen molar-refractivity contribution in [2.75, 3.05) is 12.4 Å². The van der Waals surface area contributed by atoms with Gasteiger partial charge in [0.1, 0.15) is 5.75 Å². The monoisotopic (exact) mass is 407 g/mol. The van der Waals surface area contributed by atoms with Gasteiger partial charge in [0.05, 0.1) is 18.9 Å². The number of benzene rings is 2. The Bertz CT molecular complexity index is 1050. The van der Waals surface area contributed by atoms with Gasteiger partial charge >= 0.3 is 5.97 Å². The van der Waals surface area contributed by atoms with Crippen molar-refractivity contribution in [1.29, 1.82) is 0 Å². The summed E-state index contributed by atoms with van der Waals surface area (Å²) in [5, 5.41) is 2.70. The number of hydrogen-bond donors (Lipinski definition) is 1. The molecule has 0 aliphatic rings. The second-order valence-corrected chi connectivity index (χ2v) is 6.60. The first-order chi connectivity index (χ1) is 14.4. The number of anilines is 1. The normalized spacial score (nSPS) is 11.4. The minimum atomic E-state index is -0.978. The summed E-state index contributed by atoms with van der Waals surface area (Å²) in [6.07, 6.45) is 0.421. The minimum Gasteiger partial charge on any atom is -0.497 e. The smallest absolute Gasteiger partial charge is 0.338 e. The fourth-order valence-corrected chi connectivity index (χ4v) is 2.75. The summed E-state index contributed by atoms with van der Waals surface area (Å²) < 4.78 is 15.5. The molecule has 1 heterocycles. The highest BCUT2D eigenvalue weighted by Crippen LogP contribution is 2.20. The lowest BCUT2D eigenvalue weighted by Gasteiger charge is -2.14. The van der Waals surface area contributed by atoms with Crippen LogP contribution in [0.25, 0.3) is 0 Å². The number of ketones is 1. The molecule has 2 aromatic carbocycles. The van der Waals surface area contributed by atoms with Crippen LogP contribution in [0.5, 0.6) is 5.75 Å². The lowest BCUT2D eigenvalue weighted by molar-refractivity contribution is 0.0319. The quantitative estimate of drug-likeness (QED) is 0.464. The summed E-state index contributed by atoms with van der Waals surface area (Å²) in [6, 6.07) is 14.5. The van der Waals surface area contributed by atoms with E-state index in [1.165, 1.54) is 32.4 Å². The molecule has 7 heteroatoms. The molecule has 0 bridgehead atoms. The number of carbonyl (C=O) groups excluding carboxylic acids is 3. The van der Waals surface area contributed by atoms with E-state index >= 15 is 0 Å². The number of ether oxygens (including phenoxy) is 2. The van der Waals surface area contributed by atoms with E-state index in [1.54, 1.807) is 49.4 Å². The molecule has 30 heavy (non-hydrogen) atoms. The van der Waals surface area contributed by atoms with Crippen molar-refractivity contribution >= 4 is 23.3 Å². The highest BCUT2D eigenvalue weighted by molar-refractivity contribution is 6.04. The van der Waals surface area contributed by atoms with Crippen LogP contribution >= 0.6 is 0 Å². The van der Waals surface area contributed by atoms with Crippen LogP contribution in [0.4, 0.5) is 5.69 Å². The Morgan fingerprint density at radius 3 is 2.33 bits per heavy atom. The van der Waals surface area contributed by atoms with E-state index in [1.807, 2.05) is 0 Å². The molecule has 1 aromatic heterocycles. The predicted molar refractivity (Wildman–Crippen MR) is 110 cm³/mol. The molecule has 0 aliphatic heterocycles. The van der Waals surface area contributed by atoms with E-state index < -0.39 is 18.0 Å². The van der Waals surface area contributed by atoms with Gasteiger partial charge in [0.15, 0.2) is 11.9 Å². The van der Waals surface area contributed by atoms with Crippen molar-refractivity contribution < 1.29 is 28.3 Å². The maximum absolute atomic E-state index is 12.5. The Labute approximate surface area is 173 Å². The largest absolute Gasteiger partial charge is 0.497 e. The molecule has 0 radical (unpaired) electrons. The Balaban J connectivity index is 1.69. The molecule has 0 saturated carbocycles. The van der Waals surface area contributed by atoms with Gasteiger partial charge < -0.3 is 19.2 Å². The number of esters is 1. The van der Waals surface area contributed by atoms with E-state index in [9.17, 15) is 14.4 Å². The number of nitrogens with one attached hydrogen (secondary N) is 1. The molecular formula is C23H21NO6. The topological polar surface area (TPSA) is 94.8 Å². The lowest BCUT2D eigenvalue weighted by atomic mass is 10.1. The Morgan fingerprint density at radius 1 is 1.00 bits per heavy atom. The number of carbonyl (C=O) groups is 3. The van der Waals surface area contributed by atoms with Gasteiger partial charge in [-0.15, -0.1) is 0 Å². The van der Waals surface area contributed by atoms with Crippen LogP contribution in [-0.2, 0) is 4.74 Å². The number of Topliss-reactive ketones (excluding diaryl/α,β-unsaturated/α-hetero) is 1. The summed E-state index contributed by atoms with van der Waals surface area (Å²) in [5.41, 5.74) is 1.82. The Kier molecular flexibility index (Phi) is 6.32. The highest BCUT2D eigenvalue weighted by Gasteiger charge is 2.21. The first kappa shape index (κ1) is 20.9. The van der Waals surface area contributed by atoms with Crippen molar-refractivity contribution in [2.24, 2.45) is 0 Å². The van der Waals surface area contributed by atoms with E-state index in [2.05, 4.69) is 5.32 Å². The Hall–Kier alpha value is -3.87. The van der Waals surface area contributed by atoms with Crippen molar-refractivity contribution in [1.82, 2.24) is 0 Å². The number of rotatable bonds is 7.